The highest BCUT2D eigenvalue weighted by Crippen LogP contribution is 2.26. The van der Waals surface area contributed by atoms with Crippen molar-refractivity contribution in [3.8, 4) is 16.9 Å². The van der Waals surface area contributed by atoms with Crippen molar-refractivity contribution in [3.63, 3.8) is 0 Å². The number of hydrogen-bond donors (Lipinski definition) is 0. The summed E-state index contributed by atoms with van der Waals surface area (Å²) in [5.41, 5.74) is 2.71. The quantitative estimate of drug-likeness (QED) is 0.770. The van der Waals surface area contributed by atoms with Gasteiger partial charge in [0, 0.05) is 11.8 Å². The van der Waals surface area contributed by atoms with Crippen molar-refractivity contribution in [1.29, 1.82) is 0 Å². The van der Waals surface area contributed by atoms with Gasteiger partial charge in [-0.2, -0.15) is 0 Å². The van der Waals surface area contributed by atoms with E-state index in [0.717, 1.165) is 16.7 Å². The van der Waals surface area contributed by atoms with Crippen LogP contribution in [0.3, 0.4) is 0 Å². The van der Waals surface area contributed by atoms with Crippen LogP contribution in [0.1, 0.15) is 5.56 Å². The molecule has 2 aromatic rings. The molecule has 0 aliphatic heterocycles. The van der Waals surface area contributed by atoms with E-state index in [1.54, 1.807) is 25.6 Å². The van der Waals surface area contributed by atoms with E-state index in [4.69, 9.17) is 4.74 Å². The first-order chi connectivity index (χ1) is 7.70. The van der Waals surface area contributed by atoms with Crippen LogP contribution in [-0.2, 0) is 0 Å². The molecule has 0 fully saturated rings. The fourth-order valence-corrected chi connectivity index (χ4v) is 1.58. The number of pyridine rings is 1. The average Bonchev–Trinajstić information content (AvgIpc) is 2.32. The van der Waals surface area contributed by atoms with Gasteiger partial charge >= 0.3 is 0 Å². The predicted octanol–water partition coefficient (Wildman–Crippen LogP) is 3.20. The standard InChI is InChI=1S/C13H12FNO/c1-9-3-4-11(14)6-13(9)10-5-12(16-2)8-15-7-10/h3-8H,1-2H3. The van der Waals surface area contributed by atoms with Crippen LogP contribution in [0.25, 0.3) is 11.1 Å². The summed E-state index contributed by atoms with van der Waals surface area (Å²) >= 11 is 0. The Hall–Kier alpha value is -1.90. The number of rotatable bonds is 2. The Bertz CT molecular complexity index is 511. The Morgan fingerprint density at radius 1 is 1.19 bits per heavy atom. The molecule has 0 N–H and O–H groups in total. The van der Waals surface area contributed by atoms with Crippen LogP contribution in [0.15, 0.2) is 36.7 Å². The molecular weight excluding hydrogens is 205 g/mol. The fraction of sp³-hybridized carbons (Fsp3) is 0.154. The smallest absolute Gasteiger partial charge is 0.137 e. The molecule has 0 saturated heterocycles. The van der Waals surface area contributed by atoms with Gasteiger partial charge < -0.3 is 4.74 Å². The van der Waals surface area contributed by atoms with Crippen LogP contribution in [0.2, 0.25) is 0 Å². The third kappa shape index (κ3) is 2.03. The number of halogens is 1. The van der Waals surface area contributed by atoms with E-state index in [-0.39, 0.29) is 5.82 Å². The molecule has 0 atom stereocenters. The molecule has 0 spiro atoms. The van der Waals surface area contributed by atoms with Crippen LogP contribution in [0.4, 0.5) is 4.39 Å². The number of nitrogens with zero attached hydrogens (tertiary/aromatic N) is 1. The zero-order valence-electron chi connectivity index (χ0n) is 9.20. The van der Waals surface area contributed by atoms with Crippen molar-refractivity contribution in [1.82, 2.24) is 4.98 Å². The molecule has 1 aromatic carbocycles. The summed E-state index contributed by atoms with van der Waals surface area (Å²) in [7, 11) is 1.58. The Morgan fingerprint density at radius 2 is 2.00 bits per heavy atom. The minimum Gasteiger partial charge on any atom is -0.495 e. The topological polar surface area (TPSA) is 22.1 Å². The van der Waals surface area contributed by atoms with Crippen molar-refractivity contribution < 1.29 is 9.13 Å². The highest BCUT2D eigenvalue weighted by Gasteiger charge is 2.05. The molecule has 1 aromatic heterocycles. The maximum atomic E-state index is 13.2. The van der Waals surface area contributed by atoms with Crippen molar-refractivity contribution in [2.24, 2.45) is 0 Å². The molecule has 2 nitrogen and oxygen atoms in total. The fourth-order valence-electron chi connectivity index (χ4n) is 1.58. The second-order valence-corrected chi connectivity index (χ2v) is 3.57. The lowest BCUT2D eigenvalue weighted by molar-refractivity contribution is 0.413. The molecule has 1 heterocycles. The number of aryl methyl sites for hydroxylation is 1. The predicted molar refractivity (Wildman–Crippen MR) is 60.9 cm³/mol. The SMILES string of the molecule is COc1cncc(-c2cc(F)ccc2C)c1. The van der Waals surface area contributed by atoms with E-state index in [9.17, 15) is 4.39 Å². The van der Waals surface area contributed by atoms with E-state index in [0.29, 0.717) is 5.75 Å². The summed E-state index contributed by atoms with van der Waals surface area (Å²) in [5.74, 6) is 0.421. The molecule has 0 bridgehead atoms. The van der Waals surface area contributed by atoms with Gasteiger partial charge in [0.2, 0.25) is 0 Å². The Balaban J connectivity index is 2.53. The van der Waals surface area contributed by atoms with E-state index in [1.807, 2.05) is 13.0 Å². The molecule has 3 heteroatoms. The van der Waals surface area contributed by atoms with Crippen LogP contribution < -0.4 is 4.74 Å². The van der Waals surface area contributed by atoms with Crippen LogP contribution >= 0.6 is 0 Å². The van der Waals surface area contributed by atoms with Gasteiger partial charge in [-0.3, -0.25) is 4.98 Å². The van der Waals surface area contributed by atoms with Gasteiger partial charge in [0.1, 0.15) is 11.6 Å². The van der Waals surface area contributed by atoms with E-state index >= 15 is 0 Å². The lowest BCUT2D eigenvalue weighted by Crippen LogP contribution is -1.89. The second kappa shape index (κ2) is 4.31. The molecule has 0 aliphatic rings. The Labute approximate surface area is 93.7 Å². The first kappa shape index (κ1) is 10.6. The lowest BCUT2D eigenvalue weighted by atomic mass is 10.0. The van der Waals surface area contributed by atoms with Crippen molar-refractivity contribution in [2.45, 2.75) is 6.92 Å². The highest BCUT2D eigenvalue weighted by molar-refractivity contribution is 5.67. The molecule has 0 unspecified atom stereocenters. The molecule has 16 heavy (non-hydrogen) atoms. The largest absolute Gasteiger partial charge is 0.495 e. The van der Waals surface area contributed by atoms with E-state index in [1.165, 1.54) is 12.1 Å². The molecule has 0 amide bonds. The molecule has 0 saturated carbocycles. The third-order valence-electron chi connectivity index (χ3n) is 2.46. The van der Waals surface area contributed by atoms with Gasteiger partial charge in [-0.25, -0.2) is 4.39 Å². The van der Waals surface area contributed by atoms with Gasteiger partial charge in [-0.05, 0) is 36.2 Å². The van der Waals surface area contributed by atoms with Crippen molar-refractivity contribution >= 4 is 0 Å². The summed E-state index contributed by atoms with van der Waals surface area (Å²) in [6.45, 7) is 1.94. The first-order valence-electron chi connectivity index (χ1n) is 4.96. The number of hydrogen-bond acceptors (Lipinski definition) is 2. The summed E-state index contributed by atoms with van der Waals surface area (Å²) in [6.07, 6.45) is 3.32. The van der Waals surface area contributed by atoms with E-state index < -0.39 is 0 Å². The van der Waals surface area contributed by atoms with Gasteiger partial charge in [0.25, 0.3) is 0 Å². The highest BCUT2D eigenvalue weighted by atomic mass is 19.1. The molecule has 2 rings (SSSR count). The average molecular weight is 217 g/mol. The van der Waals surface area contributed by atoms with Crippen LogP contribution in [-0.4, -0.2) is 12.1 Å². The zero-order chi connectivity index (χ0) is 11.5. The number of ether oxygens (including phenoxy) is 1. The molecular formula is C13H12FNO. The normalized spacial score (nSPS) is 10.2. The molecule has 0 aliphatic carbocycles. The minimum absolute atomic E-state index is 0.247. The van der Waals surface area contributed by atoms with Gasteiger partial charge in [0.05, 0.1) is 13.3 Å². The van der Waals surface area contributed by atoms with E-state index in [2.05, 4.69) is 4.98 Å². The zero-order valence-corrected chi connectivity index (χ0v) is 9.20. The minimum atomic E-state index is -0.247. The van der Waals surface area contributed by atoms with Gasteiger partial charge in [-0.15, -0.1) is 0 Å². The summed E-state index contributed by atoms with van der Waals surface area (Å²) in [4.78, 5) is 4.06. The van der Waals surface area contributed by atoms with Crippen molar-refractivity contribution in [2.75, 3.05) is 7.11 Å². The Morgan fingerprint density at radius 3 is 2.75 bits per heavy atom. The number of aromatic nitrogens is 1. The van der Waals surface area contributed by atoms with Gasteiger partial charge in [0.15, 0.2) is 0 Å². The maximum Gasteiger partial charge on any atom is 0.137 e. The number of benzene rings is 1. The molecule has 82 valence electrons. The summed E-state index contributed by atoms with van der Waals surface area (Å²) in [5, 5.41) is 0. The first-order valence-corrected chi connectivity index (χ1v) is 4.96. The van der Waals surface area contributed by atoms with Crippen LogP contribution in [0, 0.1) is 12.7 Å². The van der Waals surface area contributed by atoms with Crippen LogP contribution in [0.5, 0.6) is 5.75 Å². The summed E-state index contributed by atoms with van der Waals surface area (Å²) < 4.78 is 18.3. The Kier molecular flexibility index (Phi) is 2.86. The maximum absolute atomic E-state index is 13.2. The van der Waals surface area contributed by atoms with Crippen molar-refractivity contribution in [3.05, 3.63) is 48.0 Å². The number of methoxy groups -OCH3 is 1. The lowest BCUT2D eigenvalue weighted by Gasteiger charge is -2.07. The second-order valence-electron chi connectivity index (χ2n) is 3.57. The molecule has 0 radical (unpaired) electrons. The van der Waals surface area contributed by atoms with Gasteiger partial charge in [-0.1, -0.05) is 6.07 Å². The monoisotopic (exact) mass is 217 g/mol. The summed E-state index contributed by atoms with van der Waals surface area (Å²) in [6, 6.07) is 6.55. The third-order valence-corrected chi connectivity index (χ3v) is 2.46.